The minimum atomic E-state index is -0.442. The van der Waals surface area contributed by atoms with Crippen molar-refractivity contribution in [3.63, 3.8) is 0 Å². The van der Waals surface area contributed by atoms with Gasteiger partial charge in [0, 0.05) is 38.4 Å². The van der Waals surface area contributed by atoms with E-state index in [4.69, 9.17) is 4.74 Å². The zero-order valence-corrected chi connectivity index (χ0v) is 20.0. The number of amides is 2. The van der Waals surface area contributed by atoms with Crippen LogP contribution in [0.1, 0.15) is 26.7 Å². The molecule has 1 aromatic carbocycles. The molecule has 1 aromatic heterocycles. The van der Waals surface area contributed by atoms with Crippen LogP contribution < -0.4 is 4.80 Å². The van der Waals surface area contributed by atoms with E-state index in [1.54, 1.807) is 6.07 Å². The van der Waals surface area contributed by atoms with Gasteiger partial charge in [0.15, 0.2) is 4.80 Å². The second-order valence-electron chi connectivity index (χ2n) is 7.73. The molecule has 0 saturated carbocycles. The number of fused-ring (bicyclic) bond motifs is 1. The fraction of sp³-hybridized carbons (Fsp3) is 0.571. The van der Waals surface area contributed by atoms with Crippen LogP contribution in [0.2, 0.25) is 0 Å². The van der Waals surface area contributed by atoms with E-state index >= 15 is 0 Å². The Balaban J connectivity index is 1.70. The highest BCUT2D eigenvalue weighted by Gasteiger charge is 2.21. The fourth-order valence-electron chi connectivity index (χ4n) is 3.65. The van der Waals surface area contributed by atoms with E-state index in [9.17, 15) is 19.7 Å². The third-order valence-electron chi connectivity index (χ3n) is 5.22. The van der Waals surface area contributed by atoms with Crippen LogP contribution in [0.25, 0.3) is 10.2 Å². The van der Waals surface area contributed by atoms with Crippen molar-refractivity contribution in [2.24, 2.45) is 10.9 Å². The molecule has 0 N–H and O–H groups in total. The number of thioether (sulfide) groups is 1. The van der Waals surface area contributed by atoms with Crippen LogP contribution in [0.5, 0.6) is 0 Å². The molecule has 11 heteroatoms. The maximum Gasteiger partial charge on any atom is 0.270 e. The topological polar surface area (TPSA) is 107 Å². The van der Waals surface area contributed by atoms with Gasteiger partial charge >= 0.3 is 0 Å². The average molecular weight is 481 g/mol. The molecule has 0 spiro atoms. The Hall–Kier alpha value is -2.24. The lowest BCUT2D eigenvalue weighted by atomic mass is 10.0. The molecule has 0 radical (unpaired) electrons. The lowest BCUT2D eigenvalue weighted by Crippen LogP contribution is -2.40. The number of thiazole rings is 1. The number of nitro benzene ring substituents is 1. The molecule has 0 aliphatic carbocycles. The highest BCUT2D eigenvalue weighted by molar-refractivity contribution is 8.00. The summed E-state index contributed by atoms with van der Waals surface area (Å²) in [7, 11) is 0. The number of aromatic nitrogens is 1. The van der Waals surface area contributed by atoms with Crippen LogP contribution in [0.15, 0.2) is 23.2 Å². The highest BCUT2D eigenvalue weighted by Crippen LogP contribution is 2.23. The molecule has 32 heavy (non-hydrogen) atoms. The SMILES string of the molecule is CCOCCn1c(=NC(=O)CSCC(=O)N2CCCC(C)C2)sc2cc([N+](=O)[O-])ccc21. The molecule has 1 aliphatic heterocycles. The van der Waals surface area contributed by atoms with Gasteiger partial charge in [0.2, 0.25) is 5.91 Å². The normalized spacial score (nSPS) is 17.1. The van der Waals surface area contributed by atoms with E-state index in [1.807, 2.05) is 16.4 Å². The van der Waals surface area contributed by atoms with E-state index in [-0.39, 0.29) is 29.0 Å². The molecule has 1 atom stereocenters. The molecule has 1 fully saturated rings. The van der Waals surface area contributed by atoms with Crippen molar-refractivity contribution in [1.29, 1.82) is 0 Å². The van der Waals surface area contributed by atoms with Gasteiger partial charge in [-0.1, -0.05) is 18.3 Å². The quantitative estimate of drug-likeness (QED) is 0.310. The summed E-state index contributed by atoms with van der Waals surface area (Å²) < 4.78 is 7.97. The van der Waals surface area contributed by atoms with Gasteiger partial charge in [-0.15, -0.1) is 11.8 Å². The standard InChI is InChI=1S/C21H28N4O5S2/c1-3-30-10-9-24-17-7-6-16(25(28)29)11-18(17)32-21(24)22-19(26)13-31-14-20(27)23-8-4-5-15(2)12-23/h6-7,11,15H,3-5,8-10,12-14H2,1-2H3. The average Bonchev–Trinajstić information content (AvgIpc) is 3.10. The summed E-state index contributed by atoms with van der Waals surface area (Å²) >= 11 is 2.51. The summed E-state index contributed by atoms with van der Waals surface area (Å²) in [5, 5.41) is 11.1. The number of ether oxygens (including phenoxy) is 1. The second-order valence-corrected chi connectivity index (χ2v) is 9.72. The summed E-state index contributed by atoms with van der Waals surface area (Å²) in [6.07, 6.45) is 2.17. The summed E-state index contributed by atoms with van der Waals surface area (Å²) in [4.78, 5) is 42.1. The van der Waals surface area contributed by atoms with Crippen molar-refractivity contribution in [2.75, 3.05) is 37.8 Å². The first-order chi connectivity index (χ1) is 15.4. The first kappa shape index (κ1) is 24.4. The Kier molecular flexibility index (Phi) is 8.83. The van der Waals surface area contributed by atoms with Gasteiger partial charge in [0.1, 0.15) is 0 Å². The monoisotopic (exact) mass is 480 g/mol. The maximum atomic E-state index is 12.5. The van der Waals surface area contributed by atoms with Crippen molar-refractivity contribution in [2.45, 2.75) is 33.2 Å². The number of non-ortho nitro benzene ring substituents is 1. The van der Waals surface area contributed by atoms with Crippen LogP contribution in [-0.2, 0) is 20.9 Å². The van der Waals surface area contributed by atoms with Gasteiger partial charge in [0.05, 0.1) is 33.3 Å². The smallest absolute Gasteiger partial charge is 0.270 e. The van der Waals surface area contributed by atoms with Crippen molar-refractivity contribution < 1.29 is 19.2 Å². The van der Waals surface area contributed by atoms with Crippen molar-refractivity contribution in [1.82, 2.24) is 9.47 Å². The van der Waals surface area contributed by atoms with Gasteiger partial charge in [-0.2, -0.15) is 4.99 Å². The zero-order valence-electron chi connectivity index (χ0n) is 18.3. The minimum absolute atomic E-state index is 0.00492. The number of hydrogen-bond acceptors (Lipinski definition) is 7. The Morgan fingerprint density at radius 3 is 2.91 bits per heavy atom. The van der Waals surface area contributed by atoms with Crippen molar-refractivity contribution >= 4 is 50.8 Å². The van der Waals surface area contributed by atoms with E-state index in [0.717, 1.165) is 31.4 Å². The number of carbonyl (C=O) groups is 2. The summed E-state index contributed by atoms with van der Waals surface area (Å²) in [5.41, 5.74) is 0.767. The molecule has 1 unspecified atom stereocenters. The predicted octanol–water partition coefficient (Wildman–Crippen LogP) is 3.07. The van der Waals surface area contributed by atoms with Crippen LogP contribution in [0, 0.1) is 16.0 Å². The van der Waals surface area contributed by atoms with Crippen LogP contribution in [-0.4, -0.2) is 64.0 Å². The molecule has 0 bridgehead atoms. The number of rotatable bonds is 9. The number of likely N-dealkylation sites (tertiary alicyclic amines) is 1. The van der Waals surface area contributed by atoms with E-state index in [1.165, 1.54) is 35.2 Å². The van der Waals surface area contributed by atoms with Crippen molar-refractivity contribution in [3.8, 4) is 0 Å². The molecule has 2 amide bonds. The van der Waals surface area contributed by atoms with Gasteiger partial charge in [-0.25, -0.2) is 0 Å². The number of piperidine rings is 1. The molecule has 9 nitrogen and oxygen atoms in total. The molecule has 174 valence electrons. The Morgan fingerprint density at radius 2 is 2.19 bits per heavy atom. The van der Waals surface area contributed by atoms with Gasteiger partial charge < -0.3 is 14.2 Å². The third-order valence-corrected chi connectivity index (χ3v) is 7.16. The van der Waals surface area contributed by atoms with Gasteiger partial charge in [-0.05, 0) is 31.7 Å². The maximum absolute atomic E-state index is 12.5. The largest absolute Gasteiger partial charge is 0.380 e. The van der Waals surface area contributed by atoms with Crippen molar-refractivity contribution in [3.05, 3.63) is 33.1 Å². The predicted molar refractivity (Wildman–Crippen MR) is 126 cm³/mol. The molecule has 1 saturated heterocycles. The molecular weight excluding hydrogens is 452 g/mol. The lowest BCUT2D eigenvalue weighted by molar-refractivity contribution is -0.384. The van der Waals surface area contributed by atoms with E-state index in [0.29, 0.717) is 35.2 Å². The molecular formula is C21H28N4O5S2. The highest BCUT2D eigenvalue weighted by atomic mass is 32.2. The Morgan fingerprint density at radius 1 is 1.38 bits per heavy atom. The fourth-order valence-corrected chi connectivity index (χ4v) is 5.45. The number of nitrogens with zero attached hydrogens (tertiary/aromatic N) is 4. The van der Waals surface area contributed by atoms with Gasteiger partial charge in [-0.3, -0.25) is 19.7 Å². The van der Waals surface area contributed by atoms with Crippen LogP contribution in [0.4, 0.5) is 5.69 Å². The summed E-state index contributed by atoms with van der Waals surface area (Å²) in [6.45, 7) is 7.11. The number of benzene rings is 1. The van der Waals surface area contributed by atoms with Crippen LogP contribution in [0.3, 0.4) is 0 Å². The summed E-state index contributed by atoms with van der Waals surface area (Å²) in [6, 6.07) is 4.61. The van der Waals surface area contributed by atoms with E-state index in [2.05, 4.69) is 11.9 Å². The molecule has 2 heterocycles. The second kappa shape index (κ2) is 11.6. The Labute approximate surface area is 194 Å². The zero-order chi connectivity index (χ0) is 23.1. The van der Waals surface area contributed by atoms with Crippen LogP contribution >= 0.6 is 23.1 Å². The molecule has 1 aliphatic rings. The summed E-state index contributed by atoms with van der Waals surface area (Å²) in [5.74, 6) is 0.618. The first-order valence-corrected chi connectivity index (χ1v) is 12.6. The molecule has 2 aromatic rings. The first-order valence-electron chi connectivity index (χ1n) is 10.7. The Bertz CT molecular complexity index is 1050. The minimum Gasteiger partial charge on any atom is -0.380 e. The number of hydrogen-bond donors (Lipinski definition) is 0. The number of nitro groups is 1. The lowest BCUT2D eigenvalue weighted by Gasteiger charge is -2.30. The van der Waals surface area contributed by atoms with E-state index < -0.39 is 4.92 Å². The molecule has 3 rings (SSSR count). The number of carbonyl (C=O) groups excluding carboxylic acids is 2. The van der Waals surface area contributed by atoms with Gasteiger partial charge in [0.25, 0.3) is 11.6 Å². The third kappa shape index (κ3) is 6.39.